The first-order valence-corrected chi connectivity index (χ1v) is 11.3. The number of benzene rings is 4. The van der Waals surface area contributed by atoms with E-state index in [0.29, 0.717) is 11.1 Å². The van der Waals surface area contributed by atoms with Gasteiger partial charge in [0.25, 0.3) is 0 Å². The summed E-state index contributed by atoms with van der Waals surface area (Å²) < 4.78 is 2.12. The van der Waals surface area contributed by atoms with Crippen LogP contribution in [0.5, 0.6) is 0 Å². The first kappa shape index (κ1) is 20.1. The highest BCUT2D eigenvalue weighted by Gasteiger charge is 2.26. The SMILES string of the molecule is Cc1ccc2c(c1)c1cccc(C(=O)O)c1[n+]1c(-c3ccccc3)cc(-c3ccccc3)cc21. The second-order valence-electron chi connectivity index (χ2n) is 8.64. The summed E-state index contributed by atoms with van der Waals surface area (Å²) in [5.74, 6) is -0.933. The number of fused-ring (bicyclic) bond motifs is 6. The Kier molecular flexibility index (Phi) is 4.63. The standard InChI is InChI=1S/C31H21NO2/c1-20-15-16-24-27(17-20)25-13-8-14-26(31(33)34)30(25)32-28(22-11-6-3-7-12-22)18-23(19-29(24)32)21-9-4-2-5-10-21/h2-19H,1H3/p+1. The third kappa shape index (κ3) is 3.13. The molecule has 0 saturated carbocycles. The van der Waals surface area contributed by atoms with Crippen LogP contribution in [0.4, 0.5) is 0 Å². The highest BCUT2D eigenvalue weighted by Crippen LogP contribution is 2.34. The quantitative estimate of drug-likeness (QED) is 0.236. The summed E-state index contributed by atoms with van der Waals surface area (Å²) in [7, 11) is 0. The van der Waals surface area contributed by atoms with Crippen LogP contribution in [0.15, 0.2) is 109 Å². The number of carboxylic acids is 1. The Bertz CT molecular complexity index is 1720. The Hall–Kier alpha value is -4.50. The van der Waals surface area contributed by atoms with Crippen LogP contribution in [-0.2, 0) is 0 Å². The number of pyridine rings is 2. The summed E-state index contributed by atoms with van der Waals surface area (Å²) >= 11 is 0. The lowest BCUT2D eigenvalue weighted by Gasteiger charge is -2.12. The van der Waals surface area contributed by atoms with Gasteiger partial charge in [0, 0.05) is 23.1 Å². The highest BCUT2D eigenvalue weighted by atomic mass is 16.4. The number of nitrogens with zero attached hydrogens (tertiary/aromatic N) is 1. The molecular formula is C31H22NO2+. The number of aryl methyl sites for hydroxylation is 1. The van der Waals surface area contributed by atoms with Gasteiger partial charge in [-0.05, 0) is 48.4 Å². The third-order valence-corrected chi connectivity index (χ3v) is 6.47. The maximum Gasteiger partial charge on any atom is 0.342 e. The molecule has 0 aliphatic carbocycles. The van der Waals surface area contributed by atoms with Crippen LogP contribution in [0.25, 0.3) is 49.6 Å². The van der Waals surface area contributed by atoms with Crippen LogP contribution in [-0.4, -0.2) is 11.1 Å². The maximum atomic E-state index is 12.4. The maximum absolute atomic E-state index is 12.4. The molecule has 0 aliphatic heterocycles. The molecule has 0 fully saturated rings. The van der Waals surface area contributed by atoms with E-state index in [0.717, 1.165) is 49.6 Å². The van der Waals surface area contributed by atoms with Crippen LogP contribution in [0.3, 0.4) is 0 Å². The molecule has 0 unspecified atom stereocenters. The van der Waals surface area contributed by atoms with Crippen molar-refractivity contribution in [1.82, 2.24) is 0 Å². The van der Waals surface area contributed by atoms with Crippen molar-refractivity contribution in [3.8, 4) is 22.4 Å². The molecule has 0 bridgehead atoms. The predicted molar refractivity (Wildman–Crippen MR) is 137 cm³/mol. The lowest BCUT2D eigenvalue weighted by molar-refractivity contribution is -0.467. The molecule has 0 aliphatic rings. The van der Waals surface area contributed by atoms with Crippen LogP contribution in [0.1, 0.15) is 15.9 Å². The van der Waals surface area contributed by atoms with E-state index in [4.69, 9.17) is 0 Å². The summed E-state index contributed by atoms with van der Waals surface area (Å²) in [5.41, 5.74) is 7.32. The van der Waals surface area contributed by atoms with E-state index in [1.165, 1.54) is 0 Å². The third-order valence-electron chi connectivity index (χ3n) is 6.47. The van der Waals surface area contributed by atoms with E-state index in [1.54, 1.807) is 6.07 Å². The van der Waals surface area contributed by atoms with Gasteiger partial charge < -0.3 is 5.11 Å². The normalized spacial score (nSPS) is 11.3. The Morgan fingerprint density at radius 2 is 1.35 bits per heavy atom. The van der Waals surface area contributed by atoms with Crippen molar-refractivity contribution in [2.75, 3.05) is 0 Å². The van der Waals surface area contributed by atoms with Crippen molar-refractivity contribution in [2.24, 2.45) is 0 Å². The lowest BCUT2D eigenvalue weighted by Crippen LogP contribution is -2.29. The molecule has 1 N–H and O–H groups in total. The van der Waals surface area contributed by atoms with Gasteiger partial charge in [-0.15, -0.1) is 0 Å². The Morgan fingerprint density at radius 3 is 2.06 bits per heavy atom. The molecule has 0 spiro atoms. The number of aromatic carboxylic acids is 1. The van der Waals surface area contributed by atoms with Crippen molar-refractivity contribution < 1.29 is 14.3 Å². The summed E-state index contributed by atoms with van der Waals surface area (Å²) in [6.45, 7) is 2.07. The zero-order valence-corrected chi connectivity index (χ0v) is 18.7. The zero-order valence-electron chi connectivity index (χ0n) is 18.7. The molecule has 3 nitrogen and oxygen atoms in total. The molecule has 2 heterocycles. The number of aromatic nitrogens is 1. The van der Waals surface area contributed by atoms with Crippen LogP contribution < -0.4 is 4.40 Å². The minimum absolute atomic E-state index is 0.292. The fraction of sp³-hybridized carbons (Fsp3) is 0.0323. The second kappa shape index (κ2) is 7.82. The number of rotatable bonds is 3. The fourth-order valence-corrected chi connectivity index (χ4v) is 4.93. The Morgan fingerprint density at radius 1 is 0.647 bits per heavy atom. The molecule has 162 valence electrons. The molecule has 0 amide bonds. The molecule has 6 aromatic rings. The van der Waals surface area contributed by atoms with Crippen LogP contribution >= 0.6 is 0 Å². The van der Waals surface area contributed by atoms with Gasteiger partial charge in [0.15, 0.2) is 0 Å². The summed E-state index contributed by atoms with van der Waals surface area (Å²) in [5, 5.41) is 13.2. The fourth-order valence-electron chi connectivity index (χ4n) is 4.93. The number of para-hydroxylation sites is 1. The van der Waals surface area contributed by atoms with E-state index in [-0.39, 0.29) is 0 Å². The van der Waals surface area contributed by atoms with Crippen molar-refractivity contribution in [1.29, 1.82) is 0 Å². The van der Waals surface area contributed by atoms with Crippen molar-refractivity contribution in [3.05, 3.63) is 120 Å². The number of carbonyl (C=O) groups is 1. The highest BCUT2D eigenvalue weighted by molar-refractivity contribution is 6.14. The molecule has 2 aromatic heterocycles. The molecule has 4 aromatic carbocycles. The minimum atomic E-state index is -0.933. The van der Waals surface area contributed by atoms with E-state index >= 15 is 0 Å². The van der Waals surface area contributed by atoms with Crippen LogP contribution in [0.2, 0.25) is 0 Å². The van der Waals surface area contributed by atoms with Crippen molar-refractivity contribution in [2.45, 2.75) is 6.92 Å². The van der Waals surface area contributed by atoms with Gasteiger partial charge in [-0.25, -0.2) is 4.79 Å². The zero-order chi connectivity index (χ0) is 23.2. The van der Waals surface area contributed by atoms with E-state index < -0.39 is 5.97 Å². The summed E-state index contributed by atoms with van der Waals surface area (Å²) in [4.78, 5) is 12.4. The second-order valence-corrected chi connectivity index (χ2v) is 8.64. The molecule has 0 radical (unpaired) electrons. The van der Waals surface area contributed by atoms with Gasteiger partial charge >= 0.3 is 5.97 Å². The number of carboxylic acid groups (broad SMARTS) is 1. The van der Waals surface area contributed by atoms with E-state index in [1.807, 2.05) is 48.5 Å². The van der Waals surface area contributed by atoms with Gasteiger partial charge in [-0.1, -0.05) is 72.3 Å². The average molecular weight is 441 g/mol. The molecule has 0 atom stereocenters. The van der Waals surface area contributed by atoms with Crippen molar-refractivity contribution in [3.63, 3.8) is 0 Å². The molecule has 3 heteroatoms. The first-order valence-electron chi connectivity index (χ1n) is 11.3. The number of hydrogen-bond acceptors (Lipinski definition) is 1. The predicted octanol–water partition coefficient (Wildman–Crippen LogP) is 7.07. The molecule has 0 saturated heterocycles. The largest absolute Gasteiger partial charge is 0.477 e. The topological polar surface area (TPSA) is 41.4 Å². The van der Waals surface area contributed by atoms with Gasteiger partial charge in [-0.3, -0.25) is 0 Å². The van der Waals surface area contributed by atoms with E-state index in [2.05, 4.69) is 65.9 Å². The van der Waals surface area contributed by atoms with Crippen molar-refractivity contribution >= 4 is 33.2 Å². The average Bonchev–Trinajstić information content (AvgIpc) is 2.88. The summed E-state index contributed by atoms with van der Waals surface area (Å²) in [6, 6.07) is 36.8. The van der Waals surface area contributed by atoms with Gasteiger partial charge in [0.2, 0.25) is 16.7 Å². The summed E-state index contributed by atoms with van der Waals surface area (Å²) in [6.07, 6.45) is 0. The van der Waals surface area contributed by atoms with Gasteiger partial charge in [0.1, 0.15) is 5.56 Å². The lowest BCUT2D eigenvalue weighted by atomic mass is 9.96. The number of hydrogen-bond donors (Lipinski definition) is 1. The molecule has 34 heavy (non-hydrogen) atoms. The molecular weight excluding hydrogens is 418 g/mol. The Labute approximate surface area is 197 Å². The first-order chi connectivity index (χ1) is 16.6. The van der Waals surface area contributed by atoms with Gasteiger partial charge in [0.05, 0.1) is 10.8 Å². The van der Waals surface area contributed by atoms with Gasteiger partial charge in [-0.2, -0.15) is 4.40 Å². The van der Waals surface area contributed by atoms with E-state index in [9.17, 15) is 9.90 Å². The smallest absolute Gasteiger partial charge is 0.342 e. The monoisotopic (exact) mass is 440 g/mol. The minimum Gasteiger partial charge on any atom is -0.477 e. The molecule has 6 rings (SSSR count). The van der Waals surface area contributed by atoms with Crippen LogP contribution in [0, 0.1) is 6.92 Å². The Balaban J connectivity index is 1.92.